The Hall–Kier alpha value is -0.120. The van der Waals surface area contributed by atoms with E-state index in [0.717, 1.165) is 13.0 Å². The van der Waals surface area contributed by atoms with Gasteiger partial charge in [0.25, 0.3) is 0 Å². The second-order valence-electron chi connectivity index (χ2n) is 3.79. The Morgan fingerprint density at radius 2 is 1.92 bits per heavy atom. The predicted molar refractivity (Wildman–Crippen MR) is 52.3 cm³/mol. The van der Waals surface area contributed by atoms with Gasteiger partial charge in [0.1, 0.15) is 0 Å². The molecule has 12 heavy (non-hydrogen) atoms. The van der Waals surface area contributed by atoms with Gasteiger partial charge in [0.05, 0.1) is 6.61 Å². The number of aliphatic hydroxyl groups excluding tert-OH is 1. The van der Waals surface area contributed by atoms with Crippen molar-refractivity contribution in [3.8, 4) is 0 Å². The van der Waals surface area contributed by atoms with Crippen LogP contribution in [-0.2, 0) is 0 Å². The average Bonchev–Trinajstić information content (AvgIpc) is 1.97. The minimum atomic E-state index is 0.228. The van der Waals surface area contributed by atoms with E-state index in [1.54, 1.807) is 0 Å². The van der Waals surface area contributed by atoms with Crippen LogP contribution in [0.1, 0.15) is 20.3 Å². The van der Waals surface area contributed by atoms with E-state index in [1.807, 2.05) is 14.1 Å². The molecule has 0 rings (SSSR count). The van der Waals surface area contributed by atoms with Crippen molar-refractivity contribution in [2.45, 2.75) is 32.4 Å². The van der Waals surface area contributed by atoms with Gasteiger partial charge in [-0.2, -0.15) is 0 Å². The first-order chi connectivity index (χ1) is 5.56. The molecule has 0 fully saturated rings. The molecule has 0 radical (unpaired) electrons. The molecular weight excluding hydrogens is 152 g/mol. The molecule has 0 aliphatic heterocycles. The predicted octanol–water partition coefficient (Wildman–Crippen LogP) is 0.297. The first-order valence-corrected chi connectivity index (χ1v) is 4.58. The number of aliphatic hydroxyl groups is 1. The molecule has 1 atom stereocenters. The number of nitrogens with zero attached hydrogens (tertiary/aromatic N) is 1. The first-order valence-electron chi connectivity index (χ1n) is 4.58. The van der Waals surface area contributed by atoms with Gasteiger partial charge < -0.3 is 15.3 Å². The van der Waals surface area contributed by atoms with Crippen LogP contribution in [0.3, 0.4) is 0 Å². The molecular formula is C9H22N2O. The molecule has 0 aromatic carbocycles. The maximum absolute atomic E-state index is 9.01. The molecule has 0 aliphatic rings. The highest BCUT2D eigenvalue weighted by atomic mass is 16.3. The van der Waals surface area contributed by atoms with Gasteiger partial charge in [-0.25, -0.2) is 0 Å². The van der Waals surface area contributed by atoms with Crippen LogP contribution < -0.4 is 5.32 Å². The Labute approximate surface area is 75.8 Å². The van der Waals surface area contributed by atoms with E-state index in [0.29, 0.717) is 6.04 Å². The van der Waals surface area contributed by atoms with Crippen LogP contribution >= 0.6 is 0 Å². The number of hydrogen-bond donors (Lipinski definition) is 2. The summed E-state index contributed by atoms with van der Waals surface area (Å²) in [5.41, 5.74) is 0. The molecule has 0 spiro atoms. The number of rotatable bonds is 6. The van der Waals surface area contributed by atoms with E-state index < -0.39 is 0 Å². The van der Waals surface area contributed by atoms with Gasteiger partial charge in [-0.1, -0.05) is 13.8 Å². The number of nitrogens with one attached hydrogen (secondary N) is 1. The molecule has 0 bridgehead atoms. The van der Waals surface area contributed by atoms with Crippen LogP contribution in [0.2, 0.25) is 0 Å². The summed E-state index contributed by atoms with van der Waals surface area (Å²) in [5, 5.41) is 12.3. The Balaban J connectivity index is 3.53. The highest BCUT2D eigenvalue weighted by molar-refractivity contribution is 4.68. The second-order valence-corrected chi connectivity index (χ2v) is 3.79. The summed E-state index contributed by atoms with van der Waals surface area (Å²) >= 11 is 0. The first kappa shape index (κ1) is 11.9. The van der Waals surface area contributed by atoms with E-state index >= 15 is 0 Å². The highest BCUT2D eigenvalue weighted by Gasteiger charge is 2.07. The third kappa shape index (κ3) is 6.58. The maximum atomic E-state index is 9.01. The van der Waals surface area contributed by atoms with Gasteiger partial charge in [0.15, 0.2) is 0 Å². The van der Waals surface area contributed by atoms with Crippen molar-refractivity contribution in [3.63, 3.8) is 0 Å². The fraction of sp³-hybridized carbons (Fsp3) is 1.00. The van der Waals surface area contributed by atoms with Gasteiger partial charge in [-0.05, 0) is 27.1 Å². The summed E-state index contributed by atoms with van der Waals surface area (Å²) in [6.45, 7) is 5.44. The molecule has 1 unspecified atom stereocenters. The average molecular weight is 174 g/mol. The van der Waals surface area contributed by atoms with Crippen molar-refractivity contribution in [3.05, 3.63) is 0 Å². The summed E-state index contributed by atoms with van der Waals surface area (Å²) in [5.74, 6) is 0. The van der Waals surface area contributed by atoms with Gasteiger partial charge in [0, 0.05) is 12.1 Å². The van der Waals surface area contributed by atoms with Crippen molar-refractivity contribution < 1.29 is 5.11 Å². The second kappa shape index (κ2) is 6.40. The zero-order chi connectivity index (χ0) is 9.56. The van der Waals surface area contributed by atoms with Gasteiger partial charge in [0.2, 0.25) is 0 Å². The van der Waals surface area contributed by atoms with Crippen LogP contribution in [0.25, 0.3) is 0 Å². The van der Waals surface area contributed by atoms with E-state index in [9.17, 15) is 0 Å². The molecule has 0 heterocycles. The Morgan fingerprint density at radius 1 is 1.33 bits per heavy atom. The highest BCUT2D eigenvalue weighted by Crippen LogP contribution is 1.94. The lowest BCUT2D eigenvalue weighted by Crippen LogP contribution is -2.39. The lowest BCUT2D eigenvalue weighted by atomic mass is 10.2. The standard InChI is InChI=1S/C9H22N2O/c1-8(2)10-9(7-12)5-6-11(3)4/h8-10,12H,5-7H2,1-4H3. The fourth-order valence-corrected chi connectivity index (χ4v) is 1.11. The molecule has 0 aromatic heterocycles. The van der Waals surface area contributed by atoms with E-state index in [-0.39, 0.29) is 12.6 Å². The topological polar surface area (TPSA) is 35.5 Å². The molecule has 2 N–H and O–H groups in total. The molecule has 0 saturated heterocycles. The van der Waals surface area contributed by atoms with Crippen molar-refractivity contribution in [2.24, 2.45) is 0 Å². The smallest absolute Gasteiger partial charge is 0.0585 e. The van der Waals surface area contributed by atoms with Gasteiger partial charge in [-0.3, -0.25) is 0 Å². The van der Waals surface area contributed by atoms with Crippen LogP contribution in [0.5, 0.6) is 0 Å². The third-order valence-corrected chi connectivity index (χ3v) is 1.71. The third-order valence-electron chi connectivity index (χ3n) is 1.71. The fourth-order valence-electron chi connectivity index (χ4n) is 1.11. The van der Waals surface area contributed by atoms with Gasteiger partial charge >= 0.3 is 0 Å². The molecule has 74 valence electrons. The van der Waals surface area contributed by atoms with Gasteiger partial charge in [-0.15, -0.1) is 0 Å². The molecule has 0 aliphatic carbocycles. The molecule has 3 nitrogen and oxygen atoms in total. The summed E-state index contributed by atoms with van der Waals surface area (Å²) in [6, 6.07) is 0.691. The SMILES string of the molecule is CC(C)NC(CO)CCN(C)C. The lowest BCUT2D eigenvalue weighted by Gasteiger charge is -2.20. The monoisotopic (exact) mass is 174 g/mol. The Morgan fingerprint density at radius 3 is 2.25 bits per heavy atom. The summed E-state index contributed by atoms with van der Waals surface area (Å²) < 4.78 is 0. The largest absolute Gasteiger partial charge is 0.395 e. The number of hydrogen-bond acceptors (Lipinski definition) is 3. The van der Waals surface area contributed by atoms with Crippen molar-refractivity contribution in [2.75, 3.05) is 27.2 Å². The minimum Gasteiger partial charge on any atom is -0.395 e. The Kier molecular flexibility index (Phi) is 6.34. The Bertz CT molecular complexity index is 105. The lowest BCUT2D eigenvalue weighted by molar-refractivity contribution is 0.217. The van der Waals surface area contributed by atoms with E-state index in [2.05, 4.69) is 24.1 Å². The molecule has 0 saturated carbocycles. The van der Waals surface area contributed by atoms with Crippen molar-refractivity contribution >= 4 is 0 Å². The van der Waals surface area contributed by atoms with Crippen LogP contribution in [0.4, 0.5) is 0 Å². The zero-order valence-electron chi connectivity index (χ0n) is 8.67. The normalized spacial score (nSPS) is 14.2. The quantitative estimate of drug-likeness (QED) is 0.608. The van der Waals surface area contributed by atoms with Crippen molar-refractivity contribution in [1.82, 2.24) is 10.2 Å². The summed E-state index contributed by atoms with van der Waals surface area (Å²) in [4.78, 5) is 2.13. The van der Waals surface area contributed by atoms with E-state index in [4.69, 9.17) is 5.11 Å². The van der Waals surface area contributed by atoms with Crippen LogP contribution in [0, 0.1) is 0 Å². The van der Waals surface area contributed by atoms with Crippen LogP contribution in [-0.4, -0.2) is 49.3 Å². The molecule has 0 aromatic rings. The molecule has 0 amide bonds. The minimum absolute atomic E-state index is 0.228. The summed E-state index contributed by atoms with van der Waals surface area (Å²) in [7, 11) is 4.09. The zero-order valence-corrected chi connectivity index (χ0v) is 8.67. The van der Waals surface area contributed by atoms with Crippen molar-refractivity contribution in [1.29, 1.82) is 0 Å². The summed E-state index contributed by atoms with van der Waals surface area (Å²) in [6.07, 6.45) is 1.00. The maximum Gasteiger partial charge on any atom is 0.0585 e. The molecule has 3 heteroatoms. The van der Waals surface area contributed by atoms with Crippen LogP contribution in [0.15, 0.2) is 0 Å². The van der Waals surface area contributed by atoms with E-state index in [1.165, 1.54) is 0 Å².